The molecule has 2 aromatic carbocycles. The van der Waals surface area contributed by atoms with E-state index >= 15 is 0 Å². The second-order valence-electron chi connectivity index (χ2n) is 4.73. The Morgan fingerprint density at radius 1 is 1.05 bits per heavy atom. The van der Waals surface area contributed by atoms with Gasteiger partial charge in [0.1, 0.15) is 6.29 Å². The molecule has 0 aliphatic rings. The van der Waals surface area contributed by atoms with E-state index in [9.17, 15) is 4.79 Å². The summed E-state index contributed by atoms with van der Waals surface area (Å²) >= 11 is 3.52. The van der Waals surface area contributed by atoms with E-state index in [1.807, 2.05) is 25.2 Å². The SMILES string of the molecule is Cc1cc(C)cc(N(C)c2ccc(C=O)cc2Br)c1. The van der Waals surface area contributed by atoms with Crippen molar-refractivity contribution in [1.82, 2.24) is 0 Å². The zero-order valence-electron chi connectivity index (χ0n) is 11.3. The first-order valence-corrected chi connectivity index (χ1v) is 6.87. The van der Waals surface area contributed by atoms with E-state index in [0.29, 0.717) is 5.56 Å². The second kappa shape index (κ2) is 5.57. The average Bonchev–Trinajstić information content (AvgIpc) is 2.36. The summed E-state index contributed by atoms with van der Waals surface area (Å²) < 4.78 is 0.916. The third kappa shape index (κ3) is 3.04. The van der Waals surface area contributed by atoms with Gasteiger partial charge in [-0.3, -0.25) is 4.79 Å². The highest BCUT2D eigenvalue weighted by molar-refractivity contribution is 9.10. The molecule has 0 amide bonds. The lowest BCUT2D eigenvalue weighted by Gasteiger charge is -2.22. The summed E-state index contributed by atoms with van der Waals surface area (Å²) in [5.74, 6) is 0. The van der Waals surface area contributed by atoms with Crippen LogP contribution in [0.15, 0.2) is 40.9 Å². The number of anilines is 2. The number of rotatable bonds is 3. The maximum Gasteiger partial charge on any atom is 0.150 e. The summed E-state index contributed by atoms with van der Waals surface area (Å²) in [5, 5.41) is 0. The molecule has 0 heterocycles. The van der Waals surface area contributed by atoms with Crippen LogP contribution in [0.3, 0.4) is 0 Å². The molecule has 98 valence electrons. The van der Waals surface area contributed by atoms with Crippen LogP contribution in [0.4, 0.5) is 11.4 Å². The molecule has 0 aliphatic carbocycles. The van der Waals surface area contributed by atoms with Gasteiger partial charge in [-0.05, 0) is 71.2 Å². The van der Waals surface area contributed by atoms with Gasteiger partial charge in [-0.15, -0.1) is 0 Å². The lowest BCUT2D eigenvalue weighted by Crippen LogP contribution is -2.10. The van der Waals surface area contributed by atoms with Crippen LogP contribution in [0, 0.1) is 13.8 Å². The molecule has 3 heteroatoms. The third-order valence-electron chi connectivity index (χ3n) is 3.06. The number of nitrogens with zero attached hydrogens (tertiary/aromatic N) is 1. The summed E-state index contributed by atoms with van der Waals surface area (Å²) in [6.07, 6.45) is 0.853. The van der Waals surface area contributed by atoms with Crippen molar-refractivity contribution in [3.8, 4) is 0 Å². The molecule has 0 saturated carbocycles. The van der Waals surface area contributed by atoms with Gasteiger partial charge < -0.3 is 4.90 Å². The number of aldehydes is 1. The Hall–Kier alpha value is -1.61. The fourth-order valence-electron chi connectivity index (χ4n) is 2.15. The molecular formula is C16H16BrNO. The number of benzene rings is 2. The minimum atomic E-state index is 0.671. The van der Waals surface area contributed by atoms with Gasteiger partial charge in [0, 0.05) is 22.8 Å². The lowest BCUT2D eigenvalue weighted by molar-refractivity contribution is 0.112. The molecule has 0 spiro atoms. The van der Waals surface area contributed by atoms with Crippen molar-refractivity contribution in [2.75, 3.05) is 11.9 Å². The maximum atomic E-state index is 10.8. The molecule has 2 nitrogen and oxygen atoms in total. The van der Waals surface area contributed by atoms with Crippen LogP contribution in [-0.2, 0) is 0 Å². The molecule has 0 saturated heterocycles. The van der Waals surface area contributed by atoms with Crippen LogP contribution >= 0.6 is 15.9 Å². The first-order chi connectivity index (χ1) is 9.01. The average molecular weight is 318 g/mol. The Bertz CT molecular complexity index is 602. The Morgan fingerprint density at radius 3 is 2.21 bits per heavy atom. The minimum absolute atomic E-state index is 0.671. The Kier molecular flexibility index (Phi) is 4.05. The molecule has 0 aromatic heterocycles. The quantitative estimate of drug-likeness (QED) is 0.768. The molecule has 0 N–H and O–H groups in total. The molecule has 0 unspecified atom stereocenters. The topological polar surface area (TPSA) is 20.3 Å². The summed E-state index contributed by atoms with van der Waals surface area (Å²) in [7, 11) is 2.02. The van der Waals surface area contributed by atoms with Crippen molar-refractivity contribution < 1.29 is 4.79 Å². The molecular weight excluding hydrogens is 302 g/mol. The number of hydrogen-bond acceptors (Lipinski definition) is 2. The summed E-state index contributed by atoms with van der Waals surface area (Å²) in [6.45, 7) is 4.18. The molecule has 0 bridgehead atoms. The van der Waals surface area contributed by atoms with Gasteiger partial charge in [-0.1, -0.05) is 6.07 Å². The molecule has 0 aliphatic heterocycles. The standard InChI is InChI=1S/C16H16BrNO/c1-11-6-12(2)8-14(7-11)18(3)16-5-4-13(10-19)9-15(16)17/h4-10H,1-3H3. The molecule has 2 rings (SSSR count). The predicted molar refractivity (Wildman–Crippen MR) is 83.5 cm³/mol. The van der Waals surface area contributed by atoms with Crippen LogP contribution < -0.4 is 4.90 Å². The second-order valence-corrected chi connectivity index (χ2v) is 5.59. The van der Waals surface area contributed by atoms with Gasteiger partial charge in [-0.2, -0.15) is 0 Å². The van der Waals surface area contributed by atoms with Crippen molar-refractivity contribution in [2.24, 2.45) is 0 Å². The van der Waals surface area contributed by atoms with Crippen molar-refractivity contribution in [2.45, 2.75) is 13.8 Å². The first kappa shape index (κ1) is 13.8. The highest BCUT2D eigenvalue weighted by Gasteiger charge is 2.09. The zero-order valence-corrected chi connectivity index (χ0v) is 12.9. The summed E-state index contributed by atoms with van der Waals surface area (Å²) in [6, 6.07) is 12.1. The summed E-state index contributed by atoms with van der Waals surface area (Å²) in [4.78, 5) is 12.9. The normalized spacial score (nSPS) is 10.3. The van der Waals surface area contributed by atoms with Crippen molar-refractivity contribution in [1.29, 1.82) is 0 Å². The summed E-state index contributed by atoms with van der Waals surface area (Å²) in [5.41, 5.74) is 5.32. The number of aryl methyl sites for hydroxylation is 2. The first-order valence-electron chi connectivity index (χ1n) is 6.08. The van der Waals surface area contributed by atoms with Crippen LogP contribution in [0.25, 0.3) is 0 Å². The smallest absolute Gasteiger partial charge is 0.150 e. The van der Waals surface area contributed by atoms with E-state index in [4.69, 9.17) is 0 Å². The van der Waals surface area contributed by atoms with Gasteiger partial charge in [0.05, 0.1) is 5.69 Å². The maximum absolute atomic E-state index is 10.8. The minimum Gasteiger partial charge on any atom is -0.344 e. The van der Waals surface area contributed by atoms with E-state index < -0.39 is 0 Å². The van der Waals surface area contributed by atoms with E-state index in [2.05, 4.69) is 52.9 Å². The van der Waals surface area contributed by atoms with Crippen molar-refractivity contribution >= 4 is 33.6 Å². The van der Waals surface area contributed by atoms with Crippen molar-refractivity contribution in [3.63, 3.8) is 0 Å². The largest absolute Gasteiger partial charge is 0.344 e. The molecule has 0 radical (unpaired) electrons. The highest BCUT2D eigenvalue weighted by atomic mass is 79.9. The van der Waals surface area contributed by atoms with E-state index in [1.54, 1.807) is 0 Å². The number of carbonyl (C=O) groups is 1. The molecule has 0 atom stereocenters. The van der Waals surface area contributed by atoms with Crippen LogP contribution in [0.5, 0.6) is 0 Å². The van der Waals surface area contributed by atoms with Gasteiger partial charge in [0.15, 0.2) is 0 Å². The number of halogens is 1. The molecule has 0 fully saturated rings. The van der Waals surface area contributed by atoms with E-state index in [1.165, 1.54) is 11.1 Å². The zero-order chi connectivity index (χ0) is 14.0. The lowest BCUT2D eigenvalue weighted by atomic mass is 10.1. The monoisotopic (exact) mass is 317 g/mol. The van der Waals surface area contributed by atoms with Crippen LogP contribution in [0.2, 0.25) is 0 Å². The van der Waals surface area contributed by atoms with Gasteiger partial charge >= 0.3 is 0 Å². The van der Waals surface area contributed by atoms with Gasteiger partial charge in [0.25, 0.3) is 0 Å². The molecule has 19 heavy (non-hydrogen) atoms. The van der Waals surface area contributed by atoms with Crippen molar-refractivity contribution in [3.05, 3.63) is 57.6 Å². The number of hydrogen-bond donors (Lipinski definition) is 0. The predicted octanol–water partition coefficient (Wildman–Crippen LogP) is 4.65. The third-order valence-corrected chi connectivity index (χ3v) is 3.70. The number of carbonyl (C=O) groups excluding carboxylic acids is 1. The van der Waals surface area contributed by atoms with Crippen LogP contribution in [-0.4, -0.2) is 13.3 Å². The highest BCUT2D eigenvalue weighted by Crippen LogP contribution is 2.32. The Balaban J connectivity index is 2.43. The Labute approximate surface area is 122 Å². The van der Waals surface area contributed by atoms with Crippen LogP contribution in [0.1, 0.15) is 21.5 Å². The van der Waals surface area contributed by atoms with E-state index in [0.717, 1.165) is 22.1 Å². The van der Waals surface area contributed by atoms with E-state index in [-0.39, 0.29) is 0 Å². The van der Waals surface area contributed by atoms with Gasteiger partial charge in [0.2, 0.25) is 0 Å². The molecule has 2 aromatic rings. The fraction of sp³-hybridized carbons (Fsp3) is 0.188. The van der Waals surface area contributed by atoms with Gasteiger partial charge in [-0.25, -0.2) is 0 Å². The fourth-order valence-corrected chi connectivity index (χ4v) is 2.81. The Morgan fingerprint density at radius 2 is 1.68 bits per heavy atom.